The molecule has 0 saturated carbocycles. The Morgan fingerprint density at radius 3 is 2.75 bits per heavy atom. The van der Waals surface area contributed by atoms with Crippen LogP contribution in [0.15, 0.2) is 24.5 Å². The molecule has 0 fully saturated rings. The van der Waals surface area contributed by atoms with E-state index < -0.39 is 0 Å². The van der Waals surface area contributed by atoms with Crippen molar-refractivity contribution in [3.63, 3.8) is 0 Å². The molecule has 0 amide bonds. The molecule has 124 valence electrons. The first-order valence-corrected chi connectivity index (χ1v) is 8.78. The maximum atomic E-state index is 6.39. The number of hydrogen-bond acceptors (Lipinski definition) is 7. The van der Waals surface area contributed by atoms with Crippen molar-refractivity contribution >= 4 is 21.6 Å². The van der Waals surface area contributed by atoms with E-state index in [1.165, 1.54) is 10.4 Å². The Hall–Kier alpha value is -1.93. The lowest BCUT2D eigenvalue weighted by Gasteiger charge is -2.19. The van der Waals surface area contributed by atoms with Gasteiger partial charge in [0.25, 0.3) is 0 Å². The molecule has 0 bridgehead atoms. The van der Waals surface area contributed by atoms with Crippen LogP contribution in [0.4, 0.5) is 0 Å². The van der Waals surface area contributed by atoms with E-state index in [1.54, 1.807) is 23.7 Å². The summed E-state index contributed by atoms with van der Waals surface area (Å²) in [7, 11) is 0. The molecule has 4 heterocycles. The molecule has 4 rings (SSSR count). The molecular weight excluding hydrogens is 322 g/mol. The number of fused-ring (bicyclic) bond motifs is 3. The summed E-state index contributed by atoms with van der Waals surface area (Å²) in [5, 5.41) is 1.07. The van der Waals surface area contributed by atoms with Gasteiger partial charge < -0.3 is 16.2 Å². The topological polar surface area (TPSA) is 99.9 Å². The zero-order valence-corrected chi connectivity index (χ0v) is 14.2. The second-order valence-electron chi connectivity index (χ2n) is 6.04. The van der Waals surface area contributed by atoms with Gasteiger partial charge >= 0.3 is 0 Å². The van der Waals surface area contributed by atoms with Gasteiger partial charge in [-0.25, -0.2) is 9.97 Å². The highest BCUT2D eigenvalue weighted by Gasteiger charge is 2.25. The van der Waals surface area contributed by atoms with Gasteiger partial charge in [-0.3, -0.25) is 4.98 Å². The molecule has 2 atom stereocenters. The zero-order chi connectivity index (χ0) is 16.7. The summed E-state index contributed by atoms with van der Waals surface area (Å²) in [6, 6.07) is 3.28. The predicted octanol–water partition coefficient (Wildman–Crippen LogP) is 2.17. The number of rotatable bonds is 3. The van der Waals surface area contributed by atoms with E-state index in [0.29, 0.717) is 12.4 Å². The summed E-state index contributed by atoms with van der Waals surface area (Å²) in [6.45, 7) is 3.26. The normalized spacial score (nSPS) is 16.8. The molecule has 0 radical (unpaired) electrons. The first-order valence-electron chi connectivity index (χ1n) is 7.96. The number of nitrogens with zero attached hydrogens (tertiary/aromatic N) is 3. The molecule has 7 heteroatoms. The van der Waals surface area contributed by atoms with Gasteiger partial charge in [-0.2, -0.15) is 0 Å². The average Bonchev–Trinajstić information content (AvgIpc) is 2.99. The summed E-state index contributed by atoms with van der Waals surface area (Å²) in [5.74, 6) is 0.663. The molecule has 0 aromatic carbocycles. The van der Waals surface area contributed by atoms with Crippen molar-refractivity contribution < 1.29 is 4.74 Å². The van der Waals surface area contributed by atoms with Crippen LogP contribution in [0.5, 0.6) is 0 Å². The van der Waals surface area contributed by atoms with Crippen molar-refractivity contribution in [2.24, 2.45) is 11.5 Å². The van der Waals surface area contributed by atoms with Crippen LogP contribution in [0, 0.1) is 0 Å². The number of hydrogen-bond donors (Lipinski definition) is 2. The van der Waals surface area contributed by atoms with Crippen molar-refractivity contribution in [2.45, 2.75) is 32.0 Å². The van der Waals surface area contributed by atoms with Crippen LogP contribution in [0.3, 0.4) is 0 Å². The van der Waals surface area contributed by atoms with Gasteiger partial charge in [0.2, 0.25) is 0 Å². The van der Waals surface area contributed by atoms with E-state index in [-0.39, 0.29) is 12.1 Å². The maximum absolute atomic E-state index is 6.39. The fraction of sp³-hybridized carbons (Fsp3) is 0.353. The lowest BCUT2D eigenvalue weighted by atomic mass is 10.00. The molecular formula is C17H19N5OS. The molecule has 4 N–H and O–H groups in total. The SMILES string of the molecule is CC(N)C(N)c1nc(-c2ccncc2)nc2sc3c(c12)CCOC3. The van der Waals surface area contributed by atoms with Crippen LogP contribution in [-0.4, -0.2) is 27.6 Å². The van der Waals surface area contributed by atoms with Gasteiger partial charge in [0, 0.05) is 34.3 Å². The van der Waals surface area contributed by atoms with E-state index in [0.717, 1.165) is 34.5 Å². The molecule has 3 aromatic heterocycles. The smallest absolute Gasteiger partial charge is 0.161 e. The van der Waals surface area contributed by atoms with Crippen molar-refractivity contribution in [1.82, 2.24) is 15.0 Å². The van der Waals surface area contributed by atoms with Gasteiger partial charge in [-0.1, -0.05) is 0 Å². The van der Waals surface area contributed by atoms with E-state index in [4.69, 9.17) is 26.2 Å². The van der Waals surface area contributed by atoms with Crippen LogP contribution in [0.1, 0.15) is 29.1 Å². The van der Waals surface area contributed by atoms with Crippen molar-refractivity contribution in [1.29, 1.82) is 0 Å². The Labute approximate surface area is 143 Å². The Morgan fingerprint density at radius 2 is 2.00 bits per heavy atom. The molecule has 0 saturated heterocycles. The third kappa shape index (κ3) is 2.59. The molecule has 3 aromatic rings. The lowest BCUT2D eigenvalue weighted by Crippen LogP contribution is -2.32. The van der Waals surface area contributed by atoms with Gasteiger partial charge in [0.15, 0.2) is 5.82 Å². The first kappa shape index (κ1) is 15.6. The Balaban J connectivity index is 1.98. The standard InChI is InChI=1S/C17H19N5OS/c1-9(18)14(19)15-13-11-4-7-23-8-12(11)24-17(13)22-16(21-15)10-2-5-20-6-3-10/h2-3,5-6,9,14H,4,7-8,18-19H2,1H3. The van der Waals surface area contributed by atoms with Crippen molar-refractivity contribution in [3.05, 3.63) is 40.7 Å². The van der Waals surface area contributed by atoms with Gasteiger partial charge in [0.05, 0.1) is 24.9 Å². The fourth-order valence-electron chi connectivity index (χ4n) is 2.97. The van der Waals surface area contributed by atoms with Crippen LogP contribution in [-0.2, 0) is 17.8 Å². The second-order valence-corrected chi connectivity index (χ2v) is 7.12. The zero-order valence-electron chi connectivity index (χ0n) is 13.4. The first-order chi connectivity index (χ1) is 11.6. The van der Waals surface area contributed by atoms with E-state index >= 15 is 0 Å². The summed E-state index contributed by atoms with van der Waals surface area (Å²) < 4.78 is 5.59. The van der Waals surface area contributed by atoms with Crippen LogP contribution in [0.2, 0.25) is 0 Å². The van der Waals surface area contributed by atoms with Gasteiger partial charge in [-0.05, 0) is 31.0 Å². The third-order valence-corrected chi connectivity index (χ3v) is 5.41. The third-order valence-electron chi connectivity index (χ3n) is 4.31. The van der Waals surface area contributed by atoms with Crippen molar-refractivity contribution in [2.75, 3.05) is 6.61 Å². The highest BCUT2D eigenvalue weighted by molar-refractivity contribution is 7.18. The van der Waals surface area contributed by atoms with E-state index in [2.05, 4.69) is 4.98 Å². The van der Waals surface area contributed by atoms with Gasteiger partial charge in [-0.15, -0.1) is 11.3 Å². The van der Waals surface area contributed by atoms with E-state index in [9.17, 15) is 0 Å². The average molecular weight is 341 g/mol. The minimum atomic E-state index is -0.336. The number of ether oxygens (including phenoxy) is 1. The van der Waals surface area contributed by atoms with E-state index in [1.807, 2.05) is 19.1 Å². The predicted molar refractivity (Wildman–Crippen MR) is 94.6 cm³/mol. The summed E-state index contributed by atoms with van der Waals surface area (Å²) in [5.41, 5.74) is 15.5. The molecule has 0 aliphatic carbocycles. The summed E-state index contributed by atoms with van der Waals surface area (Å²) in [6.07, 6.45) is 4.34. The quantitative estimate of drug-likeness (QED) is 0.757. The van der Waals surface area contributed by atoms with Crippen LogP contribution < -0.4 is 11.5 Å². The summed E-state index contributed by atoms with van der Waals surface area (Å²) in [4.78, 5) is 15.8. The Kier molecular flexibility index (Phi) is 4.01. The Bertz CT molecular complexity index is 878. The molecule has 6 nitrogen and oxygen atoms in total. The van der Waals surface area contributed by atoms with Crippen LogP contribution >= 0.6 is 11.3 Å². The number of thiophene rings is 1. The fourth-order valence-corrected chi connectivity index (χ4v) is 4.14. The number of pyridine rings is 1. The second kappa shape index (κ2) is 6.18. The van der Waals surface area contributed by atoms with Crippen molar-refractivity contribution in [3.8, 4) is 11.4 Å². The molecule has 2 unspecified atom stereocenters. The monoisotopic (exact) mass is 341 g/mol. The minimum absolute atomic E-state index is 0.191. The summed E-state index contributed by atoms with van der Waals surface area (Å²) >= 11 is 1.66. The maximum Gasteiger partial charge on any atom is 0.161 e. The molecule has 24 heavy (non-hydrogen) atoms. The lowest BCUT2D eigenvalue weighted by molar-refractivity contribution is 0.114. The Morgan fingerprint density at radius 1 is 1.21 bits per heavy atom. The number of nitrogens with two attached hydrogens (primary N) is 2. The molecule has 1 aliphatic heterocycles. The molecule has 1 aliphatic rings. The number of aromatic nitrogens is 3. The largest absolute Gasteiger partial charge is 0.376 e. The highest BCUT2D eigenvalue weighted by Crippen LogP contribution is 2.38. The van der Waals surface area contributed by atoms with Gasteiger partial charge in [0.1, 0.15) is 4.83 Å². The van der Waals surface area contributed by atoms with Crippen LogP contribution in [0.25, 0.3) is 21.6 Å². The highest BCUT2D eigenvalue weighted by atomic mass is 32.1. The minimum Gasteiger partial charge on any atom is -0.376 e. The molecule has 0 spiro atoms.